The Morgan fingerprint density at radius 1 is 1.27 bits per heavy atom. The van der Waals surface area contributed by atoms with Gasteiger partial charge in [-0.05, 0) is 0 Å². The van der Waals surface area contributed by atoms with Crippen LogP contribution in [0.4, 0.5) is 0 Å². The lowest BCUT2D eigenvalue weighted by Crippen LogP contribution is -2.42. The maximum atomic E-state index is 9.80. The Morgan fingerprint density at radius 3 is 2.33 bits per heavy atom. The highest BCUT2D eigenvalue weighted by Crippen LogP contribution is 2.25. The summed E-state index contributed by atoms with van der Waals surface area (Å²) in [6, 6.07) is 0. The minimum Gasteiger partial charge on any atom is -0.387 e. The SMILES string of the molecule is COC[C@@H](OC)[C@@H]1O[C@H](O)[C@H](OC)[C@H]1O. The van der Waals surface area contributed by atoms with Crippen molar-refractivity contribution in [2.24, 2.45) is 0 Å². The molecule has 1 heterocycles. The standard InChI is InChI=1S/C9H18O6/c1-12-4-5(13-2)7-6(10)8(14-3)9(11)15-7/h5-11H,4H2,1-3H3/t5-,6+,7+,8-,9+/m1/s1. The van der Waals surface area contributed by atoms with E-state index in [1.54, 1.807) is 0 Å². The van der Waals surface area contributed by atoms with Crippen LogP contribution in [0.1, 0.15) is 0 Å². The van der Waals surface area contributed by atoms with Gasteiger partial charge in [0.25, 0.3) is 0 Å². The van der Waals surface area contributed by atoms with Crippen LogP contribution in [-0.4, -0.2) is 68.9 Å². The third kappa shape index (κ3) is 2.66. The number of ether oxygens (including phenoxy) is 4. The quantitative estimate of drug-likeness (QED) is 0.604. The van der Waals surface area contributed by atoms with E-state index < -0.39 is 30.7 Å². The van der Waals surface area contributed by atoms with Crippen molar-refractivity contribution in [3.05, 3.63) is 0 Å². The van der Waals surface area contributed by atoms with Gasteiger partial charge in [-0.25, -0.2) is 0 Å². The van der Waals surface area contributed by atoms with Gasteiger partial charge in [0.2, 0.25) is 0 Å². The molecule has 6 nitrogen and oxygen atoms in total. The smallest absolute Gasteiger partial charge is 0.184 e. The van der Waals surface area contributed by atoms with Crippen molar-refractivity contribution < 1.29 is 29.2 Å². The Balaban J connectivity index is 2.62. The molecule has 0 aromatic carbocycles. The first-order chi connectivity index (χ1) is 7.15. The van der Waals surface area contributed by atoms with Crippen LogP contribution in [0.3, 0.4) is 0 Å². The summed E-state index contributed by atoms with van der Waals surface area (Å²) in [5.41, 5.74) is 0. The molecule has 0 aromatic heterocycles. The zero-order chi connectivity index (χ0) is 11.4. The molecule has 1 fully saturated rings. The summed E-state index contributed by atoms with van der Waals surface area (Å²) in [6.45, 7) is 0.279. The second-order valence-electron chi connectivity index (χ2n) is 3.41. The van der Waals surface area contributed by atoms with E-state index in [0.29, 0.717) is 0 Å². The van der Waals surface area contributed by atoms with E-state index in [0.717, 1.165) is 0 Å². The van der Waals surface area contributed by atoms with E-state index in [1.165, 1.54) is 21.3 Å². The molecule has 1 aliphatic heterocycles. The molecule has 0 spiro atoms. The van der Waals surface area contributed by atoms with Gasteiger partial charge in [-0.3, -0.25) is 0 Å². The fraction of sp³-hybridized carbons (Fsp3) is 1.00. The van der Waals surface area contributed by atoms with Crippen LogP contribution < -0.4 is 0 Å². The molecule has 1 rings (SSSR count). The highest BCUT2D eigenvalue weighted by atomic mass is 16.7. The lowest BCUT2D eigenvalue weighted by Gasteiger charge is -2.23. The van der Waals surface area contributed by atoms with Crippen molar-refractivity contribution in [2.75, 3.05) is 27.9 Å². The van der Waals surface area contributed by atoms with Crippen LogP contribution in [0, 0.1) is 0 Å². The van der Waals surface area contributed by atoms with Gasteiger partial charge in [-0.15, -0.1) is 0 Å². The average molecular weight is 222 g/mol. The zero-order valence-corrected chi connectivity index (χ0v) is 9.12. The monoisotopic (exact) mass is 222 g/mol. The van der Waals surface area contributed by atoms with Crippen molar-refractivity contribution in [3.8, 4) is 0 Å². The van der Waals surface area contributed by atoms with Gasteiger partial charge < -0.3 is 29.2 Å². The van der Waals surface area contributed by atoms with E-state index in [9.17, 15) is 10.2 Å². The molecule has 0 amide bonds. The summed E-state index contributed by atoms with van der Waals surface area (Å²) in [7, 11) is 4.42. The minimum absolute atomic E-state index is 0.279. The van der Waals surface area contributed by atoms with Gasteiger partial charge in [-0.1, -0.05) is 0 Å². The molecule has 2 N–H and O–H groups in total. The molecule has 0 bridgehead atoms. The Kier molecular flexibility index (Phi) is 4.91. The molecular formula is C9H18O6. The molecule has 90 valence electrons. The Hall–Kier alpha value is -0.240. The Labute approximate surface area is 88.7 Å². The molecule has 1 aliphatic rings. The zero-order valence-electron chi connectivity index (χ0n) is 9.12. The lowest BCUT2D eigenvalue weighted by atomic mass is 10.1. The van der Waals surface area contributed by atoms with Crippen LogP contribution >= 0.6 is 0 Å². The van der Waals surface area contributed by atoms with E-state index in [4.69, 9.17) is 18.9 Å². The minimum atomic E-state index is -1.13. The van der Waals surface area contributed by atoms with Gasteiger partial charge in [-0.2, -0.15) is 0 Å². The molecule has 0 aliphatic carbocycles. The van der Waals surface area contributed by atoms with E-state index in [2.05, 4.69) is 0 Å². The number of aliphatic hydroxyl groups excluding tert-OH is 2. The van der Waals surface area contributed by atoms with Crippen LogP contribution in [0.15, 0.2) is 0 Å². The molecule has 0 radical (unpaired) electrons. The van der Waals surface area contributed by atoms with Crippen molar-refractivity contribution in [1.29, 1.82) is 0 Å². The summed E-state index contributed by atoms with van der Waals surface area (Å²) in [5.74, 6) is 0. The van der Waals surface area contributed by atoms with Gasteiger partial charge in [0.05, 0.1) is 6.61 Å². The Morgan fingerprint density at radius 2 is 1.93 bits per heavy atom. The molecule has 1 saturated heterocycles. The molecule has 15 heavy (non-hydrogen) atoms. The average Bonchev–Trinajstić information content (AvgIpc) is 2.50. The van der Waals surface area contributed by atoms with Crippen LogP contribution in [0.5, 0.6) is 0 Å². The number of methoxy groups -OCH3 is 3. The van der Waals surface area contributed by atoms with Gasteiger partial charge >= 0.3 is 0 Å². The van der Waals surface area contributed by atoms with E-state index >= 15 is 0 Å². The van der Waals surface area contributed by atoms with Gasteiger partial charge in [0, 0.05) is 21.3 Å². The number of rotatable bonds is 5. The van der Waals surface area contributed by atoms with Crippen molar-refractivity contribution in [2.45, 2.75) is 30.7 Å². The van der Waals surface area contributed by atoms with Crippen LogP contribution in [0.25, 0.3) is 0 Å². The fourth-order valence-electron chi connectivity index (χ4n) is 1.70. The second-order valence-corrected chi connectivity index (χ2v) is 3.41. The van der Waals surface area contributed by atoms with E-state index in [-0.39, 0.29) is 6.61 Å². The molecule has 0 aromatic rings. The highest BCUT2D eigenvalue weighted by Gasteiger charge is 2.46. The summed E-state index contributed by atoms with van der Waals surface area (Å²) in [5, 5.41) is 19.2. The fourth-order valence-corrected chi connectivity index (χ4v) is 1.70. The largest absolute Gasteiger partial charge is 0.387 e. The summed E-state index contributed by atoms with van der Waals surface area (Å²) in [6.07, 6.45) is -3.88. The third-order valence-corrected chi connectivity index (χ3v) is 2.52. The normalized spacial score (nSPS) is 38.2. The van der Waals surface area contributed by atoms with Crippen molar-refractivity contribution >= 4 is 0 Å². The number of hydrogen-bond acceptors (Lipinski definition) is 6. The molecule has 0 unspecified atom stereocenters. The Bertz CT molecular complexity index is 185. The third-order valence-electron chi connectivity index (χ3n) is 2.52. The highest BCUT2D eigenvalue weighted by molar-refractivity contribution is 4.91. The van der Waals surface area contributed by atoms with Crippen LogP contribution in [-0.2, 0) is 18.9 Å². The summed E-state index contributed by atoms with van der Waals surface area (Å²) < 4.78 is 20.1. The molecule has 5 atom stereocenters. The second kappa shape index (κ2) is 5.74. The maximum absolute atomic E-state index is 9.80. The topological polar surface area (TPSA) is 77.4 Å². The van der Waals surface area contributed by atoms with Crippen molar-refractivity contribution in [3.63, 3.8) is 0 Å². The first kappa shape index (κ1) is 12.8. The van der Waals surface area contributed by atoms with E-state index in [1.807, 2.05) is 0 Å². The number of hydrogen-bond donors (Lipinski definition) is 2. The van der Waals surface area contributed by atoms with Crippen molar-refractivity contribution in [1.82, 2.24) is 0 Å². The molecular weight excluding hydrogens is 204 g/mol. The first-order valence-corrected chi connectivity index (χ1v) is 4.71. The molecule has 0 saturated carbocycles. The summed E-state index contributed by atoms with van der Waals surface area (Å²) >= 11 is 0. The van der Waals surface area contributed by atoms with Gasteiger partial charge in [0.15, 0.2) is 6.29 Å². The predicted molar refractivity (Wildman–Crippen MR) is 50.4 cm³/mol. The first-order valence-electron chi connectivity index (χ1n) is 4.71. The predicted octanol–water partition coefficient (Wildman–Crippen LogP) is -1.26. The molecule has 6 heteroatoms. The summed E-state index contributed by atoms with van der Waals surface area (Å²) in [4.78, 5) is 0. The van der Waals surface area contributed by atoms with Crippen LogP contribution in [0.2, 0.25) is 0 Å². The van der Waals surface area contributed by atoms with Gasteiger partial charge in [0.1, 0.15) is 24.4 Å². The number of aliphatic hydroxyl groups is 2. The lowest BCUT2D eigenvalue weighted by molar-refractivity contribution is -0.160. The maximum Gasteiger partial charge on any atom is 0.184 e.